The minimum Gasteiger partial charge on any atom is -0.329 e. The fraction of sp³-hybridized carbons (Fsp3) is 0.857. The number of carbonyl (C=O) groups is 1. The van der Waals surface area contributed by atoms with Gasteiger partial charge in [-0.3, -0.25) is 4.79 Å². The summed E-state index contributed by atoms with van der Waals surface area (Å²) < 4.78 is 0. The van der Waals surface area contributed by atoms with E-state index in [1.54, 1.807) is 0 Å². The Morgan fingerprint density at radius 3 is 2.67 bits per heavy atom. The van der Waals surface area contributed by atoms with E-state index in [9.17, 15) is 4.79 Å². The number of amides is 1. The van der Waals surface area contributed by atoms with E-state index in [1.807, 2.05) is 0 Å². The van der Waals surface area contributed by atoms with Gasteiger partial charge in [-0.1, -0.05) is 37.8 Å². The van der Waals surface area contributed by atoms with Crippen LogP contribution in [-0.2, 0) is 4.79 Å². The summed E-state index contributed by atoms with van der Waals surface area (Å²) in [7, 11) is 0. The predicted molar refractivity (Wildman–Crippen MR) is 102 cm³/mol. The van der Waals surface area contributed by atoms with Crippen molar-refractivity contribution in [3.8, 4) is 0 Å². The summed E-state index contributed by atoms with van der Waals surface area (Å²) in [5.74, 6) is 0.315. The summed E-state index contributed by atoms with van der Waals surface area (Å²) >= 11 is 0. The van der Waals surface area contributed by atoms with Gasteiger partial charge < -0.3 is 10.2 Å². The molecule has 138 valence electrons. The van der Waals surface area contributed by atoms with Crippen LogP contribution in [0.2, 0.25) is 0 Å². The molecule has 1 N–H and O–H groups in total. The van der Waals surface area contributed by atoms with Crippen molar-refractivity contribution in [3.63, 3.8) is 0 Å². The second-order valence-corrected chi connectivity index (χ2v) is 8.98. The smallest absolute Gasteiger partial charge is 0.225 e. The van der Waals surface area contributed by atoms with Crippen LogP contribution in [0.1, 0.15) is 92.4 Å². The molecule has 0 aromatic rings. The molecule has 1 amide bonds. The van der Waals surface area contributed by atoms with Crippen LogP contribution in [0.4, 0.5) is 0 Å². The van der Waals surface area contributed by atoms with Gasteiger partial charge in [0.15, 0.2) is 0 Å². The highest BCUT2D eigenvalue weighted by Crippen LogP contribution is 2.39. The molecule has 2 aliphatic heterocycles. The van der Waals surface area contributed by atoms with E-state index in [0.29, 0.717) is 18.4 Å². The standard InChI is InChI=1S/C21H38N2O/c1-6-7-11-17-15-20(2,3)23(21(4,5)16-17)19(24)14-18-12-9-8-10-13-22-18/h15,18,22H,6-14,16H2,1-5H3. The van der Waals surface area contributed by atoms with Crippen molar-refractivity contribution in [2.24, 2.45) is 0 Å². The summed E-state index contributed by atoms with van der Waals surface area (Å²) in [6.07, 6.45) is 12.6. The summed E-state index contributed by atoms with van der Waals surface area (Å²) in [4.78, 5) is 15.4. The number of hydrogen-bond donors (Lipinski definition) is 1. The number of rotatable bonds is 5. The Morgan fingerprint density at radius 1 is 1.25 bits per heavy atom. The van der Waals surface area contributed by atoms with Gasteiger partial charge in [-0.25, -0.2) is 0 Å². The first-order valence-corrected chi connectivity index (χ1v) is 10.0. The highest BCUT2D eigenvalue weighted by atomic mass is 16.2. The molecule has 0 spiro atoms. The van der Waals surface area contributed by atoms with Crippen LogP contribution >= 0.6 is 0 Å². The van der Waals surface area contributed by atoms with Crippen molar-refractivity contribution in [1.82, 2.24) is 10.2 Å². The van der Waals surface area contributed by atoms with Crippen LogP contribution in [0.15, 0.2) is 11.6 Å². The summed E-state index contributed by atoms with van der Waals surface area (Å²) in [5.41, 5.74) is 1.25. The van der Waals surface area contributed by atoms with Gasteiger partial charge in [0, 0.05) is 18.0 Å². The molecule has 0 bridgehead atoms. The predicted octanol–water partition coefficient (Wildman–Crippen LogP) is 4.81. The van der Waals surface area contributed by atoms with Crippen LogP contribution in [0.25, 0.3) is 0 Å². The Bertz CT molecular complexity index is 456. The van der Waals surface area contributed by atoms with E-state index in [0.717, 1.165) is 19.4 Å². The van der Waals surface area contributed by atoms with Crippen molar-refractivity contribution in [3.05, 3.63) is 11.6 Å². The Hall–Kier alpha value is -0.830. The molecule has 0 radical (unpaired) electrons. The number of hydrogen-bond acceptors (Lipinski definition) is 2. The first kappa shape index (κ1) is 19.5. The maximum absolute atomic E-state index is 13.2. The maximum Gasteiger partial charge on any atom is 0.225 e. The summed E-state index contributed by atoms with van der Waals surface area (Å²) in [6.45, 7) is 12.2. The van der Waals surface area contributed by atoms with E-state index in [-0.39, 0.29) is 11.1 Å². The van der Waals surface area contributed by atoms with Crippen LogP contribution in [0.3, 0.4) is 0 Å². The highest BCUT2D eigenvalue weighted by Gasteiger charge is 2.43. The maximum atomic E-state index is 13.2. The molecule has 0 saturated carbocycles. The first-order valence-electron chi connectivity index (χ1n) is 10.0. The number of nitrogens with one attached hydrogen (secondary N) is 1. The van der Waals surface area contributed by atoms with Gasteiger partial charge >= 0.3 is 0 Å². The fourth-order valence-corrected chi connectivity index (χ4v) is 4.83. The van der Waals surface area contributed by atoms with Gasteiger partial charge in [0.05, 0.1) is 5.54 Å². The zero-order valence-electron chi connectivity index (χ0n) is 16.6. The third-order valence-electron chi connectivity index (χ3n) is 5.58. The molecule has 0 aromatic carbocycles. The van der Waals surface area contributed by atoms with Gasteiger partial charge in [0.1, 0.15) is 0 Å². The number of carbonyl (C=O) groups excluding carboxylic acids is 1. The highest BCUT2D eigenvalue weighted by molar-refractivity contribution is 5.79. The Labute approximate surface area is 149 Å². The fourth-order valence-electron chi connectivity index (χ4n) is 4.83. The molecule has 2 aliphatic rings. The topological polar surface area (TPSA) is 32.3 Å². The zero-order chi connectivity index (χ0) is 17.8. The molecule has 2 rings (SSSR count). The molecule has 3 heteroatoms. The SMILES string of the molecule is CCCCC1=CC(C)(C)N(C(=O)CC2CCCCCN2)C(C)(C)C1. The molecule has 1 atom stereocenters. The largest absolute Gasteiger partial charge is 0.329 e. The Balaban J connectivity index is 2.11. The minimum absolute atomic E-state index is 0.0941. The summed E-state index contributed by atoms with van der Waals surface area (Å²) in [5, 5.41) is 3.58. The molecule has 1 unspecified atom stereocenters. The Morgan fingerprint density at radius 2 is 2.00 bits per heavy atom. The second kappa shape index (κ2) is 8.03. The molecule has 0 aliphatic carbocycles. The van der Waals surface area contributed by atoms with Crippen LogP contribution in [0, 0.1) is 0 Å². The second-order valence-electron chi connectivity index (χ2n) is 8.98. The van der Waals surface area contributed by atoms with Gasteiger partial charge in [0.25, 0.3) is 0 Å². The van der Waals surface area contributed by atoms with Crippen molar-refractivity contribution < 1.29 is 4.79 Å². The van der Waals surface area contributed by atoms with Gasteiger partial charge in [-0.2, -0.15) is 0 Å². The lowest BCUT2D eigenvalue weighted by molar-refractivity contribution is -0.143. The van der Waals surface area contributed by atoms with Crippen molar-refractivity contribution >= 4 is 5.91 Å². The minimum atomic E-state index is -0.188. The zero-order valence-corrected chi connectivity index (χ0v) is 16.6. The first-order chi connectivity index (χ1) is 11.3. The quantitative estimate of drug-likeness (QED) is 0.731. The van der Waals surface area contributed by atoms with E-state index >= 15 is 0 Å². The van der Waals surface area contributed by atoms with Crippen molar-refractivity contribution in [1.29, 1.82) is 0 Å². The molecular weight excluding hydrogens is 296 g/mol. The van der Waals surface area contributed by atoms with E-state index < -0.39 is 0 Å². The van der Waals surface area contributed by atoms with E-state index in [4.69, 9.17) is 0 Å². The average Bonchev–Trinajstić information content (AvgIpc) is 2.71. The number of nitrogens with zero attached hydrogens (tertiary/aromatic N) is 1. The van der Waals surface area contributed by atoms with Gasteiger partial charge in [-0.15, -0.1) is 0 Å². The van der Waals surface area contributed by atoms with Crippen molar-refractivity contribution in [2.75, 3.05) is 6.54 Å². The molecule has 1 saturated heterocycles. The molecule has 3 nitrogen and oxygen atoms in total. The van der Waals surface area contributed by atoms with Gasteiger partial charge in [-0.05, 0) is 66.3 Å². The van der Waals surface area contributed by atoms with Crippen LogP contribution in [0.5, 0.6) is 0 Å². The number of unbranched alkanes of at least 4 members (excludes halogenated alkanes) is 1. The summed E-state index contributed by atoms with van der Waals surface area (Å²) in [6, 6.07) is 0.358. The van der Waals surface area contributed by atoms with E-state index in [1.165, 1.54) is 44.1 Å². The Kier molecular flexibility index (Phi) is 6.52. The molecule has 2 heterocycles. The third-order valence-corrected chi connectivity index (χ3v) is 5.58. The van der Waals surface area contributed by atoms with Crippen LogP contribution < -0.4 is 5.32 Å². The molecule has 24 heavy (non-hydrogen) atoms. The average molecular weight is 335 g/mol. The lowest BCUT2D eigenvalue weighted by Gasteiger charge is -2.52. The van der Waals surface area contributed by atoms with Gasteiger partial charge in [0.2, 0.25) is 5.91 Å². The molecular formula is C21H38N2O. The normalized spacial score (nSPS) is 26.6. The van der Waals surface area contributed by atoms with Crippen LogP contribution in [-0.4, -0.2) is 34.5 Å². The third kappa shape index (κ3) is 4.84. The van der Waals surface area contributed by atoms with E-state index in [2.05, 4.69) is 50.9 Å². The van der Waals surface area contributed by atoms with Crippen molar-refractivity contribution in [2.45, 2.75) is 110 Å². The molecule has 0 aromatic heterocycles. The lowest BCUT2D eigenvalue weighted by atomic mass is 9.79. The monoisotopic (exact) mass is 334 g/mol. The molecule has 1 fully saturated rings. The lowest BCUT2D eigenvalue weighted by Crippen LogP contribution is -2.60.